The molecule has 18 heavy (non-hydrogen) atoms. The Morgan fingerprint density at radius 1 is 0.667 bits per heavy atom. The summed E-state index contributed by atoms with van der Waals surface area (Å²) in [6.07, 6.45) is 4.84. The smallest absolute Gasteiger partial charge is 0.0710 e. The van der Waals surface area contributed by atoms with E-state index in [1.165, 1.54) is 11.1 Å². The fraction of sp³-hybridized carbons (Fsp3) is 0.176. The molecule has 0 bridgehead atoms. The van der Waals surface area contributed by atoms with Crippen LogP contribution >= 0.6 is 0 Å². The third kappa shape index (κ3) is 2.06. The van der Waals surface area contributed by atoms with Crippen LogP contribution in [0.1, 0.15) is 22.2 Å². The molecule has 0 fully saturated rings. The molecule has 1 heterocycles. The van der Waals surface area contributed by atoms with Crippen LogP contribution in [0.3, 0.4) is 0 Å². The van der Waals surface area contributed by atoms with E-state index in [9.17, 15) is 0 Å². The second kappa shape index (κ2) is 4.95. The number of rotatable bonds is 2. The molecule has 2 aromatic carbocycles. The number of benzene rings is 2. The van der Waals surface area contributed by atoms with Gasteiger partial charge in [-0.15, -0.1) is 0 Å². The van der Waals surface area contributed by atoms with Crippen molar-refractivity contribution in [2.75, 3.05) is 0 Å². The van der Waals surface area contributed by atoms with Crippen molar-refractivity contribution in [3.63, 3.8) is 0 Å². The molecule has 0 N–H and O–H groups in total. The lowest BCUT2D eigenvalue weighted by Crippen LogP contribution is -2.21. The van der Waals surface area contributed by atoms with Crippen molar-refractivity contribution in [2.45, 2.75) is 17.6 Å². The Kier molecular flexibility index (Phi) is 3.16. The Morgan fingerprint density at radius 2 is 1.06 bits per heavy atom. The zero-order valence-electron chi connectivity index (χ0n) is 10.6. The molecule has 2 aromatic rings. The van der Waals surface area contributed by atoms with Crippen LogP contribution < -0.4 is 0 Å². The Morgan fingerprint density at radius 3 is 1.44 bits per heavy atom. The topological polar surface area (TPSA) is 0 Å². The largest absolute Gasteiger partial charge is 0.0837 e. The molecule has 89 valence electrons. The van der Waals surface area contributed by atoms with Crippen molar-refractivity contribution in [1.29, 1.82) is 0 Å². The lowest BCUT2D eigenvalue weighted by atomic mass is 10.1. The summed E-state index contributed by atoms with van der Waals surface area (Å²) in [5.41, 5.74) is 4.26. The van der Waals surface area contributed by atoms with Gasteiger partial charge in [-0.25, -0.2) is 0 Å². The quantitative estimate of drug-likeness (QED) is 0.549. The van der Waals surface area contributed by atoms with Gasteiger partial charge in [0.05, 0.1) is 8.80 Å². The van der Waals surface area contributed by atoms with Crippen molar-refractivity contribution in [2.24, 2.45) is 0 Å². The summed E-state index contributed by atoms with van der Waals surface area (Å²) in [7, 11) is -0.450. The third-order valence-electron chi connectivity index (χ3n) is 3.79. The molecular weight excluding hydrogens is 232 g/mol. The van der Waals surface area contributed by atoms with Gasteiger partial charge in [-0.2, -0.15) is 0 Å². The van der Waals surface area contributed by atoms with E-state index in [1.807, 2.05) is 0 Å². The van der Waals surface area contributed by atoms with Gasteiger partial charge in [0.2, 0.25) is 0 Å². The van der Waals surface area contributed by atoms with Crippen molar-refractivity contribution >= 4 is 8.80 Å². The van der Waals surface area contributed by atoms with E-state index < -0.39 is 8.80 Å². The predicted molar refractivity (Wildman–Crippen MR) is 79.1 cm³/mol. The van der Waals surface area contributed by atoms with E-state index >= 15 is 0 Å². The van der Waals surface area contributed by atoms with Crippen LogP contribution in [0.25, 0.3) is 0 Å². The average Bonchev–Trinajstić information content (AvgIpc) is 2.83. The maximum absolute atomic E-state index is 2.46. The normalized spacial score (nSPS) is 23.4. The van der Waals surface area contributed by atoms with Crippen LogP contribution in [0.4, 0.5) is 0 Å². The zero-order valence-corrected chi connectivity index (χ0v) is 11.6. The van der Waals surface area contributed by atoms with Crippen molar-refractivity contribution in [3.8, 4) is 0 Å². The number of hydrogen-bond acceptors (Lipinski definition) is 0. The Balaban J connectivity index is 1.86. The first-order valence-corrected chi connectivity index (χ1v) is 8.63. The molecular formula is C17H17Si. The van der Waals surface area contributed by atoms with Gasteiger partial charge in [0.1, 0.15) is 0 Å². The van der Waals surface area contributed by atoms with Gasteiger partial charge in [-0.05, 0) is 22.2 Å². The average molecular weight is 249 g/mol. The highest BCUT2D eigenvalue weighted by molar-refractivity contribution is 6.63. The summed E-state index contributed by atoms with van der Waals surface area (Å²) in [6.45, 7) is 2.46. The van der Waals surface area contributed by atoms with Crippen LogP contribution in [0.2, 0.25) is 6.55 Å². The first-order chi connectivity index (χ1) is 8.86. The van der Waals surface area contributed by atoms with Gasteiger partial charge in [0.25, 0.3) is 0 Å². The molecule has 1 radical (unpaired) electrons. The first-order valence-electron chi connectivity index (χ1n) is 6.48. The molecule has 0 unspecified atom stereocenters. The molecule has 1 aliphatic heterocycles. The number of allylic oxidation sites excluding steroid dienone is 2. The van der Waals surface area contributed by atoms with Crippen molar-refractivity contribution in [1.82, 2.24) is 0 Å². The van der Waals surface area contributed by atoms with Crippen molar-refractivity contribution < 1.29 is 0 Å². The lowest BCUT2D eigenvalue weighted by molar-refractivity contribution is 1.14. The van der Waals surface area contributed by atoms with Gasteiger partial charge < -0.3 is 0 Å². The Bertz CT molecular complexity index is 481. The summed E-state index contributed by atoms with van der Waals surface area (Å²) in [5.74, 6) is 0. The molecule has 1 heteroatoms. The highest BCUT2D eigenvalue weighted by atomic mass is 28.3. The molecule has 2 atom stereocenters. The second-order valence-corrected chi connectivity index (χ2v) is 7.64. The monoisotopic (exact) mass is 249 g/mol. The summed E-state index contributed by atoms with van der Waals surface area (Å²) in [5, 5.41) is 0. The molecule has 0 saturated carbocycles. The summed E-state index contributed by atoms with van der Waals surface area (Å²) in [4.78, 5) is 0. The first kappa shape index (κ1) is 11.5. The third-order valence-corrected chi connectivity index (χ3v) is 6.81. The van der Waals surface area contributed by atoms with Gasteiger partial charge >= 0.3 is 0 Å². The van der Waals surface area contributed by atoms with Crippen molar-refractivity contribution in [3.05, 3.63) is 83.9 Å². The van der Waals surface area contributed by atoms with Crippen LogP contribution in [-0.2, 0) is 0 Å². The van der Waals surface area contributed by atoms with Crippen LogP contribution in [0, 0.1) is 0 Å². The maximum Gasteiger partial charge on any atom is 0.0710 e. The fourth-order valence-corrected chi connectivity index (χ4v) is 5.44. The summed E-state index contributed by atoms with van der Waals surface area (Å²) < 4.78 is 0. The molecule has 0 amide bonds. The van der Waals surface area contributed by atoms with Gasteiger partial charge in [0.15, 0.2) is 0 Å². The SMILES string of the molecule is C[Si]1[C@@H](c2ccccc2)C=C[C@@H]1c1ccccc1. The minimum absolute atomic E-state index is 0.450. The van der Waals surface area contributed by atoms with E-state index in [0.717, 1.165) is 0 Å². The summed E-state index contributed by atoms with van der Waals surface area (Å²) >= 11 is 0. The molecule has 0 aromatic heterocycles. The highest BCUT2D eigenvalue weighted by Crippen LogP contribution is 2.36. The molecule has 3 rings (SSSR count). The van der Waals surface area contributed by atoms with Gasteiger partial charge in [-0.3, -0.25) is 0 Å². The molecule has 0 aliphatic carbocycles. The highest BCUT2D eigenvalue weighted by Gasteiger charge is 2.31. The molecule has 0 saturated heterocycles. The van der Waals surface area contributed by atoms with Gasteiger partial charge in [0, 0.05) is 0 Å². The van der Waals surface area contributed by atoms with Gasteiger partial charge in [-0.1, -0.05) is 79.4 Å². The van der Waals surface area contributed by atoms with Crippen LogP contribution in [-0.4, -0.2) is 8.80 Å². The Labute approximate surface area is 111 Å². The second-order valence-electron chi connectivity index (χ2n) is 4.91. The molecule has 0 nitrogen and oxygen atoms in total. The van der Waals surface area contributed by atoms with E-state index in [-0.39, 0.29) is 0 Å². The van der Waals surface area contributed by atoms with E-state index in [4.69, 9.17) is 0 Å². The maximum atomic E-state index is 2.46. The van der Waals surface area contributed by atoms with E-state index in [0.29, 0.717) is 11.1 Å². The Hall–Kier alpha value is -1.60. The molecule has 1 aliphatic rings. The van der Waals surface area contributed by atoms with Crippen LogP contribution in [0.5, 0.6) is 0 Å². The van der Waals surface area contributed by atoms with E-state index in [2.05, 4.69) is 79.4 Å². The minimum Gasteiger partial charge on any atom is -0.0837 e. The summed E-state index contributed by atoms with van der Waals surface area (Å²) in [6, 6.07) is 21.8. The fourth-order valence-electron chi connectivity index (χ4n) is 2.79. The van der Waals surface area contributed by atoms with Crippen LogP contribution in [0.15, 0.2) is 72.8 Å². The number of hydrogen-bond donors (Lipinski definition) is 0. The predicted octanol–water partition coefficient (Wildman–Crippen LogP) is 4.33. The molecule has 0 spiro atoms. The lowest BCUT2D eigenvalue weighted by Gasteiger charge is -2.20. The zero-order chi connectivity index (χ0) is 12.4. The van der Waals surface area contributed by atoms with E-state index in [1.54, 1.807) is 0 Å². The standard InChI is InChI=1S/C17H17Si/c1-18-16(14-8-4-2-5-9-14)12-13-17(18)15-10-6-3-7-11-15/h2-13,16-17H,1H3/t16-,17-/m1/s1. The minimum atomic E-state index is -0.450.